The number of halogens is 1. The molecule has 1 aliphatic rings. The molecule has 0 aliphatic carbocycles. The number of nitrogens with one attached hydrogen (secondary N) is 1. The lowest BCUT2D eigenvalue weighted by atomic mass is 9.95. The first-order valence-corrected chi connectivity index (χ1v) is 9.23. The molecule has 2 N–H and O–H groups in total. The largest absolute Gasteiger partial charge is 0.369 e. The Morgan fingerprint density at radius 3 is 2.67 bits per heavy atom. The van der Waals surface area contributed by atoms with E-state index in [0.717, 1.165) is 12.0 Å². The summed E-state index contributed by atoms with van der Waals surface area (Å²) in [6.45, 7) is 6.69. The Morgan fingerprint density at radius 2 is 2.04 bits per heavy atom. The van der Waals surface area contributed by atoms with Crippen LogP contribution in [0.1, 0.15) is 36.2 Å². The fraction of sp³-hybridized carbons (Fsp3) is 0.350. The second-order valence-corrected chi connectivity index (χ2v) is 7.06. The lowest BCUT2D eigenvalue weighted by Crippen LogP contribution is -2.46. The Balaban J connectivity index is 1.93. The summed E-state index contributed by atoms with van der Waals surface area (Å²) in [7, 11) is 0. The van der Waals surface area contributed by atoms with E-state index in [-0.39, 0.29) is 0 Å². The number of benzene rings is 1. The van der Waals surface area contributed by atoms with Gasteiger partial charge < -0.3 is 15.3 Å². The third-order valence-corrected chi connectivity index (χ3v) is 4.97. The van der Waals surface area contributed by atoms with Gasteiger partial charge in [0.05, 0.1) is 17.6 Å². The molecule has 7 heteroatoms. The van der Waals surface area contributed by atoms with Gasteiger partial charge in [-0.2, -0.15) is 5.26 Å². The molecule has 0 bridgehead atoms. The lowest BCUT2D eigenvalue weighted by molar-refractivity contribution is -0.0582. The number of hydrogen-bond donors (Lipinski definition) is 2. The van der Waals surface area contributed by atoms with E-state index in [1.165, 1.54) is 0 Å². The molecule has 1 atom stereocenters. The van der Waals surface area contributed by atoms with Crippen molar-refractivity contribution >= 4 is 29.4 Å². The molecule has 0 spiro atoms. The van der Waals surface area contributed by atoms with E-state index in [0.29, 0.717) is 46.4 Å². The van der Waals surface area contributed by atoms with Crippen molar-refractivity contribution in [3.05, 3.63) is 51.7 Å². The van der Waals surface area contributed by atoms with Gasteiger partial charge in [0.15, 0.2) is 5.72 Å². The van der Waals surface area contributed by atoms with Gasteiger partial charge >= 0.3 is 0 Å². The van der Waals surface area contributed by atoms with E-state index in [2.05, 4.69) is 21.4 Å². The van der Waals surface area contributed by atoms with Crippen LogP contribution in [0.2, 0.25) is 5.02 Å². The Morgan fingerprint density at radius 1 is 1.33 bits per heavy atom. The summed E-state index contributed by atoms with van der Waals surface area (Å²) >= 11 is 5.93. The van der Waals surface area contributed by atoms with Crippen molar-refractivity contribution in [1.29, 1.82) is 5.26 Å². The van der Waals surface area contributed by atoms with Gasteiger partial charge in [0, 0.05) is 23.8 Å². The predicted molar refractivity (Wildman–Crippen MR) is 107 cm³/mol. The topological polar surface area (TPSA) is 84.5 Å². The lowest BCUT2D eigenvalue weighted by Gasteiger charge is -2.40. The third kappa shape index (κ3) is 3.61. The molecule has 3 rings (SSSR count). The number of aliphatic imine (C=N–C) groups is 1. The summed E-state index contributed by atoms with van der Waals surface area (Å²) in [6, 6.07) is 9.81. The first-order chi connectivity index (χ1) is 12.9. The van der Waals surface area contributed by atoms with Crippen LogP contribution in [-0.4, -0.2) is 34.4 Å². The predicted octanol–water partition coefficient (Wildman–Crippen LogP) is 3.73. The van der Waals surface area contributed by atoms with Gasteiger partial charge in [0.1, 0.15) is 17.5 Å². The van der Waals surface area contributed by atoms with Crippen LogP contribution in [-0.2, 0) is 12.1 Å². The minimum Gasteiger partial charge on any atom is -0.369 e. The first kappa shape index (κ1) is 19.2. The molecule has 0 fully saturated rings. The number of fused-ring (bicyclic) bond motifs is 1. The minimum absolute atomic E-state index is 0.353. The second kappa shape index (κ2) is 7.55. The average molecular weight is 384 g/mol. The number of anilines is 1. The maximum Gasteiger partial charge on any atom is 0.166 e. The number of aromatic nitrogens is 1. The van der Waals surface area contributed by atoms with Gasteiger partial charge in [-0.3, -0.25) is 0 Å². The minimum atomic E-state index is -1.31. The molecule has 27 heavy (non-hydrogen) atoms. The van der Waals surface area contributed by atoms with Crippen LogP contribution in [0.3, 0.4) is 0 Å². The summed E-state index contributed by atoms with van der Waals surface area (Å²) < 4.78 is 0. The molecule has 1 aromatic heterocycles. The average Bonchev–Trinajstić information content (AvgIpc) is 2.62. The van der Waals surface area contributed by atoms with Crippen LogP contribution in [0.4, 0.5) is 11.5 Å². The first-order valence-electron chi connectivity index (χ1n) is 8.85. The van der Waals surface area contributed by atoms with Gasteiger partial charge in [-0.1, -0.05) is 23.7 Å². The molecule has 2 heterocycles. The van der Waals surface area contributed by atoms with Gasteiger partial charge in [0.25, 0.3) is 0 Å². The standard InChI is InChI=1S/C20H22ClN5O/c1-4-23-19-16(11-22)18-17(13(2)25-19)20(3,27)26(12-24-18)10-9-14-5-7-15(21)8-6-14/h5-8,12,27H,4,9-10H2,1-3H3,(H,23,25). The molecule has 0 saturated carbocycles. The highest BCUT2D eigenvalue weighted by atomic mass is 35.5. The Bertz CT molecular complexity index is 915. The number of aliphatic hydroxyl groups is 1. The summed E-state index contributed by atoms with van der Waals surface area (Å²) in [5, 5.41) is 24.7. The summed E-state index contributed by atoms with van der Waals surface area (Å²) in [5.74, 6) is 0.499. The maximum atomic E-state index is 11.3. The van der Waals surface area contributed by atoms with Crippen molar-refractivity contribution < 1.29 is 5.11 Å². The SMILES string of the molecule is CCNc1nc(C)c2c(c1C#N)N=CN(CCc1ccc(Cl)cc1)C2(C)O. The highest BCUT2D eigenvalue weighted by molar-refractivity contribution is 6.30. The summed E-state index contributed by atoms with van der Waals surface area (Å²) in [4.78, 5) is 10.8. The molecular weight excluding hydrogens is 362 g/mol. The zero-order chi connectivity index (χ0) is 19.6. The van der Waals surface area contributed by atoms with Gasteiger partial charge in [-0.25, -0.2) is 9.98 Å². The van der Waals surface area contributed by atoms with E-state index in [1.54, 1.807) is 18.2 Å². The van der Waals surface area contributed by atoms with Crippen LogP contribution >= 0.6 is 11.6 Å². The fourth-order valence-electron chi connectivity index (χ4n) is 3.34. The van der Waals surface area contributed by atoms with E-state index in [9.17, 15) is 10.4 Å². The summed E-state index contributed by atoms with van der Waals surface area (Å²) in [5.41, 5.74) is 1.86. The number of pyridine rings is 1. The molecular formula is C20H22ClN5O. The summed E-state index contributed by atoms with van der Waals surface area (Å²) in [6.07, 6.45) is 2.33. The fourth-order valence-corrected chi connectivity index (χ4v) is 3.47. The molecule has 0 amide bonds. The monoisotopic (exact) mass is 383 g/mol. The number of rotatable bonds is 5. The molecule has 140 valence electrons. The van der Waals surface area contributed by atoms with Crippen LogP contribution in [0.25, 0.3) is 0 Å². The quantitative estimate of drug-likeness (QED) is 0.821. The molecule has 1 aromatic carbocycles. The number of aryl methyl sites for hydroxylation is 1. The molecule has 1 unspecified atom stereocenters. The van der Waals surface area contributed by atoms with Crippen molar-refractivity contribution in [1.82, 2.24) is 9.88 Å². The van der Waals surface area contributed by atoms with Crippen molar-refractivity contribution in [2.24, 2.45) is 4.99 Å². The van der Waals surface area contributed by atoms with Crippen LogP contribution in [0.15, 0.2) is 29.3 Å². The van der Waals surface area contributed by atoms with Crippen LogP contribution in [0, 0.1) is 18.3 Å². The number of nitrogens with zero attached hydrogens (tertiary/aromatic N) is 4. The highest BCUT2D eigenvalue weighted by Gasteiger charge is 2.38. The van der Waals surface area contributed by atoms with Crippen molar-refractivity contribution in [3.8, 4) is 6.07 Å². The normalized spacial score (nSPS) is 18.1. The zero-order valence-corrected chi connectivity index (χ0v) is 16.4. The molecule has 0 saturated heterocycles. The smallest absolute Gasteiger partial charge is 0.166 e. The van der Waals surface area contributed by atoms with Crippen LogP contribution in [0.5, 0.6) is 0 Å². The molecule has 6 nitrogen and oxygen atoms in total. The van der Waals surface area contributed by atoms with Gasteiger partial charge in [-0.05, 0) is 44.9 Å². The zero-order valence-electron chi connectivity index (χ0n) is 15.6. The van der Waals surface area contributed by atoms with E-state index in [1.807, 2.05) is 38.1 Å². The van der Waals surface area contributed by atoms with Crippen molar-refractivity contribution in [2.75, 3.05) is 18.4 Å². The van der Waals surface area contributed by atoms with Crippen molar-refractivity contribution in [3.63, 3.8) is 0 Å². The molecule has 0 radical (unpaired) electrons. The Labute approximate surface area is 164 Å². The maximum absolute atomic E-state index is 11.3. The molecule has 2 aromatic rings. The van der Waals surface area contributed by atoms with E-state index < -0.39 is 5.72 Å². The second-order valence-electron chi connectivity index (χ2n) is 6.62. The van der Waals surface area contributed by atoms with Crippen molar-refractivity contribution in [2.45, 2.75) is 32.9 Å². The Kier molecular flexibility index (Phi) is 5.36. The van der Waals surface area contributed by atoms with Gasteiger partial charge in [-0.15, -0.1) is 0 Å². The number of nitriles is 1. The van der Waals surface area contributed by atoms with Crippen LogP contribution < -0.4 is 5.32 Å². The van der Waals surface area contributed by atoms with E-state index >= 15 is 0 Å². The number of hydrogen-bond acceptors (Lipinski definition) is 6. The third-order valence-electron chi connectivity index (χ3n) is 4.72. The van der Waals surface area contributed by atoms with E-state index in [4.69, 9.17) is 11.6 Å². The Hall–Kier alpha value is -2.62. The molecule has 1 aliphatic heterocycles. The highest BCUT2D eigenvalue weighted by Crippen LogP contribution is 2.41. The van der Waals surface area contributed by atoms with Gasteiger partial charge in [0.2, 0.25) is 0 Å².